The molecule has 0 amide bonds. The highest BCUT2D eigenvalue weighted by Gasteiger charge is 2.55. The zero-order valence-corrected chi connectivity index (χ0v) is 14.5. The third-order valence-electron chi connectivity index (χ3n) is 6.94. The predicted molar refractivity (Wildman–Crippen MR) is 108 cm³/mol. The highest BCUT2D eigenvalue weighted by molar-refractivity contribution is 6.04. The first-order valence-electron chi connectivity index (χ1n) is 9.67. The summed E-state index contributed by atoms with van der Waals surface area (Å²) in [5.74, 6) is 0. The van der Waals surface area contributed by atoms with Crippen LogP contribution in [0.5, 0.6) is 0 Å². The maximum atomic E-state index is 2.51. The second kappa shape index (κ2) is 4.27. The summed E-state index contributed by atoms with van der Waals surface area (Å²) in [4.78, 5) is 0. The van der Waals surface area contributed by atoms with Crippen molar-refractivity contribution in [3.8, 4) is 0 Å². The highest BCUT2D eigenvalue weighted by atomic mass is 14.6. The lowest BCUT2D eigenvalue weighted by Crippen LogP contribution is -2.31. The van der Waals surface area contributed by atoms with E-state index in [4.69, 9.17) is 0 Å². The molecule has 122 valence electrons. The molecular weight excluding hydrogens is 312 g/mol. The van der Waals surface area contributed by atoms with E-state index in [2.05, 4.69) is 72.8 Å². The van der Waals surface area contributed by atoms with Crippen molar-refractivity contribution in [2.45, 2.75) is 24.7 Å². The molecule has 0 saturated heterocycles. The lowest BCUT2D eigenvalue weighted by atomic mass is 9.63. The van der Waals surface area contributed by atoms with E-state index in [1.807, 2.05) is 0 Å². The van der Waals surface area contributed by atoms with Gasteiger partial charge in [-0.1, -0.05) is 72.8 Å². The van der Waals surface area contributed by atoms with Crippen molar-refractivity contribution in [2.24, 2.45) is 0 Å². The van der Waals surface area contributed by atoms with Crippen molar-refractivity contribution in [1.29, 1.82) is 0 Å². The molecule has 1 atom stereocenters. The maximum absolute atomic E-state index is 2.51. The first-order chi connectivity index (χ1) is 12.9. The minimum atomic E-state index is -0.0811. The Kier molecular flexibility index (Phi) is 2.19. The van der Waals surface area contributed by atoms with Crippen LogP contribution in [0.3, 0.4) is 0 Å². The van der Waals surface area contributed by atoms with Gasteiger partial charge in [-0.25, -0.2) is 0 Å². The first-order valence-corrected chi connectivity index (χ1v) is 9.67. The van der Waals surface area contributed by atoms with Crippen LogP contribution in [-0.2, 0) is 5.41 Å². The second-order valence-electron chi connectivity index (χ2n) is 7.96. The number of allylic oxidation sites excluding steroid dienone is 10. The van der Waals surface area contributed by atoms with Gasteiger partial charge in [0.15, 0.2) is 0 Å². The van der Waals surface area contributed by atoms with Gasteiger partial charge >= 0.3 is 0 Å². The fraction of sp³-hybridized carbons (Fsp3) is 0.154. The molecule has 0 N–H and O–H groups in total. The number of benzene rings is 2. The van der Waals surface area contributed by atoms with Gasteiger partial charge in [0, 0.05) is 0 Å². The Morgan fingerprint density at radius 1 is 0.769 bits per heavy atom. The van der Waals surface area contributed by atoms with Gasteiger partial charge in [-0.3, -0.25) is 0 Å². The summed E-state index contributed by atoms with van der Waals surface area (Å²) in [6.45, 7) is 0. The third kappa shape index (κ3) is 1.24. The molecule has 0 fully saturated rings. The van der Waals surface area contributed by atoms with Crippen LogP contribution >= 0.6 is 0 Å². The van der Waals surface area contributed by atoms with Gasteiger partial charge in [0.2, 0.25) is 0 Å². The van der Waals surface area contributed by atoms with Crippen LogP contribution in [0.15, 0.2) is 84.0 Å². The molecule has 0 aromatic heterocycles. The van der Waals surface area contributed by atoms with Gasteiger partial charge in [-0.2, -0.15) is 0 Å². The minimum absolute atomic E-state index is 0.0811. The Morgan fingerprint density at radius 3 is 2.65 bits per heavy atom. The van der Waals surface area contributed by atoms with Gasteiger partial charge in [-0.15, -0.1) is 0 Å². The molecule has 2 aromatic carbocycles. The Morgan fingerprint density at radius 2 is 1.65 bits per heavy atom. The smallest absolute Gasteiger partial charge is 0.0728 e. The van der Waals surface area contributed by atoms with Crippen LogP contribution in [0, 0.1) is 0 Å². The molecule has 5 aliphatic rings. The van der Waals surface area contributed by atoms with Crippen molar-refractivity contribution in [3.63, 3.8) is 0 Å². The first kappa shape index (κ1) is 13.4. The number of rotatable bonds is 0. The molecule has 0 heteroatoms. The fourth-order valence-electron chi connectivity index (χ4n) is 6.09. The fourth-order valence-corrected chi connectivity index (χ4v) is 6.09. The molecule has 0 radical (unpaired) electrons. The van der Waals surface area contributed by atoms with E-state index >= 15 is 0 Å². The molecule has 5 aliphatic carbocycles. The second-order valence-corrected chi connectivity index (χ2v) is 7.96. The zero-order valence-electron chi connectivity index (χ0n) is 14.5. The van der Waals surface area contributed by atoms with Crippen molar-refractivity contribution >= 4 is 16.7 Å². The molecule has 26 heavy (non-hydrogen) atoms. The van der Waals surface area contributed by atoms with Gasteiger partial charge in [-0.05, 0) is 74.9 Å². The van der Waals surface area contributed by atoms with Crippen LogP contribution < -0.4 is 0 Å². The molecule has 0 saturated carbocycles. The van der Waals surface area contributed by atoms with Crippen LogP contribution in [-0.4, -0.2) is 0 Å². The van der Waals surface area contributed by atoms with E-state index in [1.54, 1.807) is 11.1 Å². The third-order valence-corrected chi connectivity index (χ3v) is 6.94. The maximum Gasteiger partial charge on any atom is 0.0728 e. The molecule has 0 aliphatic heterocycles. The summed E-state index contributed by atoms with van der Waals surface area (Å²) < 4.78 is 0. The van der Waals surface area contributed by atoms with Crippen LogP contribution in [0.4, 0.5) is 0 Å². The van der Waals surface area contributed by atoms with Crippen LogP contribution in [0.2, 0.25) is 0 Å². The largest absolute Gasteiger partial charge is 0.0839 e. The Labute approximate surface area is 153 Å². The van der Waals surface area contributed by atoms with E-state index in [9.17, 15) is 0 Å². The van der Waals surface area contributed by atoms with Crippen molar-refractivity contribution < 1.29 is 0 Å². The minimum Gasteiger partial charge on any atom is -0.0839 e. The van der Waals surface area contributed by atoms with Crippen LogP contribution in [0.1, 0.15) is 47.1 Å². The number of hydrogen-bond acceptors (Lipinski definition) is 0. The van der Waals surface area contributed by atoms with E-state index in [0.29, 0.717) is 0 Å². The summed E-state index contributed by atoms with van der Waals surface area (Å²) in [7, 11) is 0. The van der Waals surface area contributed by atoms with Crippen molar-refractivity contribution in [1.82, 2.24) is 0 Å². The molecule has 2 bridgehead atoms. The zero-order chi connectivity index (χ0) is 16.9. The summed E-state index contributed by atoms with van der Waals surface area (Å²) in [6, 6.07) is 16.1. The average Bonchev–Trinajstić information content (AvgIpc) is 3.06. The molecular formula is C26H18. The summed E-state index contributed by atoms with van der Waals surface area (Å²) in [5, 5.41) is 0. The van der Waals surface area contributed by atoms with Gasteiger partial charge in [0.05, 0.1) is 5.41 Å². The topological polar surface area (TPSA) is 0 Å². The van der Waals surface area contributed by atoms with Crippen LogP contribution in [0.25, 0.3) is 16.7 Å². The Balaban J connectivity index is 1.77. The van der Waals surface area contributed by atoms with Crippen molar-refractivity contribution in [2.75, 3.05) is 0 Å². The lowest BCUT2D eigenvalue weighted by Gasteiger charge is -2.37. The van der Waals surface area contributed by atoms with E-state index in [1.165, 1.54) is 51.0 Å². The molecule has 0 nitrogen and oxygen atoms in total. The van der Waals surface area contributed by atoms with Crippen molar-refractivity contribution in [3.05, 3.63) is 112 Å². The molecule has 7 rings (SSSR count). The number of hydrogen-bond donors (Lipinski definition) is 0. The SMILES string of the molecule is C1=CC2=C(CC1)c1cccc3c1C21C2=C(C=CCC3=C2)c2ccccc21. The standard InChI is InChI=1S/C26H18/c1-3-13-22-18(8-1)19-11-5-7-16-15-24(19)26(22)23-14-4-2-9-20(23)21-12-6-10-17(16)25(21)26/h1,3-6,8,10-15H,2,7,9H2. The average molecular weight is 330 g/mol. The normalized spacial score (nSPS) is 25.8. The van der Waals surface area contributed by atoms with E-state index in [0.717, 1.165) is 12.8 Å². The predicted octanol–water partition coefficient (Wildman–Crippen LogP) is 6.21. The van der Waals surface area contributed by atoms with Gasteiger partial charge in [0.25, 0.3) is 0 Å². The van der Waals surface area contributed by atoms with Gasteiger partial charge < -0.3 is 0 Å². The number of fused-ring (bicyclic) bond motifs is 4. The quantitative estimate of drug-likeness (QED) is 0.538. The highest BCUT2D eigenvalue weighted by Crippen LogP contribution is 2.66. The summed E-state index contributed by atoms with van der Waals surface area (Å²) in [5.41, 5.74) is 14.9. The summed E-state index contributed by atoms with van der Waals surface area (Å²) in [6.07, 6.45) is 15.4. The molecule has 2 aromatic rings. The van der Waals surface area contributed by atoms with Gasteiger partial charge in [0.1, 0.15) is 0 Å². The van der Waals surface area contributed by atoms with E-state index < -0.39 is 0 Å². The molecule has 1 spiro atoms. The molecule has 1 unspecified atom stereocenters. The van der Waals surface area contributed by atoms with E-state index in [-0.39, 0.29) is 5.41 Å². The Bertz CT molecular complexity index is 1190. The molecule has 0 heterocycles. The Hall–Kier alpha value is -2.86. The lowest BCUT2D eigenvalue weighted by molar-refractivity contribution is 0.763. The summed E-state index contributed by atoms with van der Waals surface area (Å²) >= 11 is 0. The monoisotopic (exact) mass is 330 g/mol.